The van der Waals surface area contributed by atoms with Gasteiger partial charge in [-0.05, 0) is 50.2 Å². The Balaban J connectivity index is -0.00000117. The molecule has 2 unspecified atom stereocenters. The van der Waals surface area contributed by atoms with Crippen LogP contribution in [0.3, 0.4) is 0 Å². The van der Waals surface area contributed by atoms with Gasteiger partial charge in [-0.25, -0.2) is 24.5 Å². The van der Waals surface area contributed by atoms with Crippen LogP contribution in [-0.2, 0) is 19.2 Å². The van der Waals surface area contributed by atoms with Crippen LogP contribution >= 0.6 is 0 Å². The van der Waals surface area contributed by atoms with Crippen molar-refractivity contribution in [3.8, 4) is 68.7 Å². The Hall–Kier alpha value is -0.105. The van der Waals surface area contributed by atoms with E-state index in [1.54, 1.807) is 0 Å². The Morgan fingerprint density at radius 1 is 0.574 bits per heavy atom. The van der Waals surface area contributed by atoms with Crippen LogP contribution in [0.4, 0.5) is 0 Å². The maximum Gasteiger partial charge on any atom is 1.00 e. The van der Waals surface area contributed by atoms with Crippen molar-refractivity contribution in [2.45, 2.75) is 38.9 Å². The first-order valence-electron chi connectivity index (χ1n) is 14.8. The van der Waals surface area contributed by atoms with Gasteiger partial charge in [0.1, 0.15) is 34.5 Å². The van der Waals surface area contributed by atoms with Gasteiger partial charge in [0.25, 0.3) is 0 Å². The third-order valence-electron chi connectivity index (χ3n) is 6.73. The molecule has 6 N–H and O–H groups in total. The zero-order valence-corrected chi connectivity index (χ0v) is 43.0. The van der Waals surface area contributed by atoms with Crippen molar-refractivity contribution >= 4 is 23.9 Å². The molecule has 0 radical (unpaired) electrons. The first-order valence-corrected chi connectivity index (χ1v) is 14.8. The number of aliphatic carboxylic acids is 4. The van der Waals surface area contributed by atoms with Gasteiger partial charge in [0.2, 0.25) is 0 Å². The monoisotopic (exact) mass is 853 g/mol. The number of hydrogen-bond acceptors (Lipinski definition) is 13. The summed E-state index contributed by atoms with van der Waals surface area (Å²) in [6.45, 7) is 2.24. The van der Waals surface area contributed by atoms with Gasteiger partial charge < -0.3 is 55.3 Å². The SMILES string of the molecule is CC(Oc1ccc(-c2nc(-c3ccc(OCCC(=O)O)cc3O)nc(-c3ccc(OCCC(=O)O)cc3O)n2)c(OC(C)C(=O)O)c1)C(=O)O.[H-].[H-].[H-].[H-].[K+].[K+].[K+].[K+]. The van der Waals surface area contributed by atoms with Crippen molar-refractivity contribution in [1.82, 2.24) is 15.0 Å². The van der Waals surface area contributed by atoms with E-state index in [9.17, 15) is 39.6 Å². The van der Waals surface area contributed by atoms with Gasteiger partial charge in [0.05, 0.1) is 42.7 Å². The third-order valence-corrected chi connectivity index (χ3v) is 6.73. The zero-order valence-electron chi connectivity index (χ0n) is 34.5. The minimum Gasteiger partial charge on any atom is -1.00 e. The summed E-state index contributed by atoms with van der Waals surface area (Å²) in [5, 5.41) is 58.4. The quantitative estimate of drug-likeness (QED) is 0.0539. The fourth-order valence-electron chi connectivity index (χ4n) is 4.18. The van der Waals surface area contributed by atoms with Gasteiger partial charge in [0, 0.05) is 18.2 Å². The van der Waals surface area contributed by atoms with Crippen LogP contribution < -0.4 is 224 Å². The minimum atomic E-state index is -1.39. The standard InChI is InChI=1S/C33H31N3O14.4K.4H/c1-16(32(43)44)49-20-5-8-23(26(15-20)50-17(2)33(45)46)31-35-29(21-6-3-18(13-24(21)37)47-11-9-27(39)40)34-30(36-31)22-7-4-19(14-25(22)38)48-12-10-28(41)42;;;;;;;;/h3-8,13-17,37-38H,9-12H2,1-2H3,(H,39,40)(H,41,42)(H,43,44)(H,45,46);;;;;;;;/q;4*+1;4*-1. The maximum atomic E-state index is 11.7. The molecule has 1 aromatic heterocycles. The molecule has 2 atom stereocenters. The van der Waals surface area contributed by atoms with E-state index in [0.717, 1.165) is 0 Å². The van der Waals surface area contributed by atoms with Crippen molar-refractivity contribution < 1.29 is 280 Å². The van der Waals surface area contributed by atoms with Gasteiger partial charge in [-0.3, -0.25) is 9.59 Å². The van der Waals surface area contributed by atoms with Crippen molar-refractivity contribution in [1.29, 1.82) is 0 Å². The molecule has 0 saturated carbocycles. The Bertz CT molecular complexity index is 1870. The third kappa shape index (κ3) is 16.3. The molecule has 0 saturated heterocycles. The number of rotatable bonds is 17. The number of phenols is 2. The van der Waals surface area contributed by atoms with E-state index < -0.39 is 36.1 Å². The van der Waals surface area contributed by atoms with Gasteiger partial charge in [0.15, 0.2) is 29.7 Å². The van der Waals surface area contributed by atoms with Crippen LogP contribution in [0.1, 0.15) is 32.4 Å². The summed E-state index contributed by atoms with van der Waals surface area (Å²) in [6, 6.07) is 12.2. The molecule has 0 spiro atoms. The molecule has 4 aromatic rings. The topological polar surface area (TPSA) is 265 Å². The molecule has 0 amide bonds. The molecule has 1 heterocycles. The predicted molar refractivity (Wildman–Crippen MR) is 175 cm³/mol. The van der Waals surface area contributed by atoms with E-state index in [1.807, 2.05) is 0 Å². The summed E-state index contributed by atoms with van der Waals surface area (Å²) in [4.78, 5) is 58.2. The largest absolute Gasteiger partial charge is 1.00 e. The molecule has 0 fully saturated rings. The Morgan fingerprint density at radius 2 is 0.944 bits per heavy atom. The number of carboxylic acids is 4. The van der Waals surface area contributed by atoms with Crippen LogP contribution in [0.25, 0.3) is 34.2 Å². The number of hydrogen-bond donors (Lipinski definition) is 6. The maximum absolute atomic E-state index is 11.7. The molecular formula is C33H35K4N3O14. The van der Waals surface area contributed by atoms with Crippen molar-refractivity contribution in [3.63, 3.8) is 0 Å². The normalized spacial score (nSPS) is 11.1. The number of aromatic hydroxyl groups is 2. The second-order valence-electron chi connectivity index (χ2n) is 10.5. The summed E-state index contributed by atoms with van der Waals surface area (Å²) in [5.74, 6) is -5.60. The average molecular weight is 854 g/mol. The molecule has 54 heavy (non-hydrogen) atoms. The van der Waals surface area contributed by atoms with E-state index in [-0.39, 0.29) is 306 Å². The molecule has 0 aliphatic carbocycles. The summed E-state index contributed by atoms with van der Waals surface area (Å²) in [7, 11) is 0. The Labute approximate surface area is 484 Å². The number of carbonyl (C=O) groups is 4. The van der Waals surface area contributed by atoms with Gasteiger partial charge >= 0.3 is 229 Å². The zero-order chi connectivity index (χ0) is 36.5. The summed E-state index contributed by atoms with van der Waals surface area (Å²) in [5.41, 5.74) is 0.218. The summed E-state index contributed by atoms with van der Waals surface area (Å²) >= 11 is 0. The Kier molecular flexibility index (Phi) is 26.0. The predicted octanol–water partition coefficient (Wildman–Crippen LogP) is -7.84. The molecule has 17 nitrogen and oxygen atoms in total. The molecule has 0 aliphatic heterocycles. The summed E-state index contributed by atoms with van der Waals surface area (Å²) < 4.78 is 21.9. The van der Waals surface area contributed by atoms with Gasteiger partial charge in [-0.1, -0.05) is 0 Å². The van der Waals surface area contributed by atoms with E-state index in [1.165, 1.54) is 68.4 Å². The first-order chi connectivity index (χ1) is 23.7. The average Bonchev–Trinajstić information content (AvgIpc) is 3.04. The number of carboxylic acid groups (broad SMARTS) is 4. The van der Waals surface area contributed by atoms with E-state index in [0.29, 0.717) is 0 Å². The molecule has 0 aliphatic rings. The molecule has 21 heteroatoms. The van der Waals surface area contributed by atoms with Crippen LogP contribution in [0.2, 0.25) is 0 Å². The number of ether oxygens (including phenoxy) is 4. The van der Waals surface area contributed by atoms with Crippen LogP contribution in [0.15, 0.2) is 54.6 Å². The number of benzene rings is 3. The minimum absolute atomic E-state index is 0. The number of nitrogens with zero attached hydrogens (tertiary/aromatic N) is 3. The van der Waals surface area contributed by atoms with Gasteiger partial charge in [-0.15, -0.1) is 0 Å². The smallest absolute Gasteiger partial charge is 1.00 e. The second-order valence-corrected chi connectivity index (χ2v) is 10.5. The van der Waals surface area contributed by atoms with Crippen molar-refractivity contribution in [2.75, 3.05) is 13.2 Å². The fourth-order valence-corrected chi connectivity index (χ4v) is 4.18. The van der Waals surface area contributed by atoms with E-state index in [2.05, 4.69) is 15.0 Å². The van der Waals surface area contributed by atoms with Gasteiger partial charge in [-0.2, -0.15) is 0 Å². The molecule has 4 rings (SSSR count). The van der Waals surface area contributed by atoms with E-state index in [4.69, 9.17) is 29.2 Å². The first kappa shape index (κ1) is 53.9. The van der Waals surface area contributed by atoms with Crippen molar-refractivity contribution in [2.24, 2.45) is 0 Å². The number of phenolic OH excluding ortho intramolecular Hbond substituents is 2. The summed E-state index contributed by atoms with van der Waals surface area (Å²) in [6.07, 6.45) is -3.21. The van der Waals surface area contributed by atoms with Crippen LogP contribution in [0, 0.1) is 0 Å². The second kappa shape index (κ2) is 26.1. The van der Waals surface area contributed by atoms with Crippen LogP contribution in [-0.4, -0.2) is 94.9 Å². The molecular weight excluding hydrogens is 819 g/mol. The molecule has 270 valence electrons. The Morgan fingerprint density at radius 3 is 1.33 bits per heavy atom. The van der Waals surface area contributed by atoms with Crippen molar-refractivity contribution in [3.05, 3.63) is 54.6 Å². The molecule has 0 bridgehead atoms. The fraction of sp³-hybridized carbons (Fsp3) is 0.242. The number of aromatic nitrogens is 3. The molecule has 3 aromatic carbocycles. The van der Waals surface area contributed by atoms with Crippen LogP contribution in [0.5, 0.6) is 34.5 Å². The van der Waals surface area contributed by atoms with E-state index >= 15 is 0 Å².